The molecule has 5 heteroatoms. The molecule has 0 aliphatic carbocycles. The lowest BCUT2D eigenvalue weighted by atomic mass is 9.98. The van der Waals surface area contributed by atoms with Crippen molar-refractivity contribution >= 4 is 11.7 Å². The number of urea groups is 1. The third-order valence-corrected chi connectivity index (χ3v) is 3.23. The Morgan fingerprint density at radius 2 is 2.26 bits per heavy atom. The van der Waals surface area contributed by atoms with Crippen LogP contribution in [0.2, 0.25) is 0 Å². The third-order valence-electron chi connectivity index (χ3n) is 3.23. The molecule has 2 amide bonds. The molecule has 104 valence electrons. The summed E-state index contributed by atoms with van der Waals surface area (Å²) >= 11 is 0. The minimum atomic E-state index is -0.172. The highest BCUT2D eigenvalue weighted by atomic mass is 16.5. The van der Waals surface area contributed by atoms with E-state index in [0.717, 1.165) is 30.9 Å². The quantitative estimate of drug-likeness (QED) is 0.779. The van der Waals surface area contributed by atoms with E-state index in [-0.39, 0.29) is 12.1 Å². The second-order valence-corrected chi connectivity index (χ2v) is 5.03. The molecule has 1 aliphatic heterocycles. The highest BCUT2D eigenvalue weighted by Crippen LogP contribution is 2.16. The predicted molar refractivity (Wildman–Crippen MR) is 75.6 cm³/mol. The van der Waals surface area contributed by atoms with E-state index in [0.29, 0.717) is 5.92 Å². The summed E-state index contributed by atoms with van der Waals surface area (Å²) in [5.41, 5.74) is 0.730. The second kappa shape index (κ2) is 6.43. The average molecular weight is 263 g/mol. The average Bonchev–Trinajstić information content (AvgIpc) is 2.38. The van der Waals surface area contributed by atoms with Gasteiger partial charge in [0, 0.05) is 24.3 Å². The fourth-order valence-corrected chi connectivity index (χ4v) is 2.32. The molecule has 2 rings (SSSR count). The molecule has 0 spiro atoms. The monoisotopic (exact) mass is 263 g/mol. The topological polar surface area (TPSA) is 62.4 Å². The van der Waals surface area contributed by atoms with Crippen LogP contribution in [0.25, 0.3) is 0 Å². The molecule has 0 radical (unpaired) electrons. The van der Waals surface area contributed by atoms with Gasteiger partial charge in [-0.2, -0.15) is 0 Å². The van der Waals surface area contributed by atoms with E-state index < -0.39 is 0 Å². The number of anilines is 1. The lowest BCUT2D eigenvalue weighted by molar-refractivity contribution is 0.241. The van der Waals surface area contributed by atoms with Crippen LogP contribution in [0.4, 0.5) is 10.5 Å². The van der Waals surface area contributed by atoms with Crippen molar-refractivity contribution in [2.75, 3.05) is 25.5 Å². The van der Waals surface area contributed by atoms with Gasteiger partial charge in [0.15, 0.2) is 0 Å². The number of nitrogens with one attached hydrogen (secondary N) is 3. The van der Waals surface area contributed by atoms with Gasteiger partial charge in [0.2, 0.25) is 0 Å². The standard InChI is InChI=1S/C14H21N3O2/c1-10-6-12(9-15-8-10)17-14(18)16-11-4-3-5-13(7-11)19-2/h3-5,7,10,12,15H,6,8-9H2,1-2H3,(H2,16,17,18). The summed E-state index contributed by atoms with van der Waals surface area (Å²) in [6.07, 6.45) is 1.01. The zero-order valence-corrected chi connectivity index (χ0v) is 11.4. The first-order valence-electron chi connectivity index (χ1n) is 6.59. The summed E-state index contributed by atoms with van der Waals surface area (Å²) in [6, 6.07) is 7.34. The van der Waals surface area contributed by atoms with E-state index in [1.54, 1.807) is 13.2 Å². The molecule has 1 aromatic carbocycles. The SMILES string of the molecule is COc1cccc(NC(=O)NC2CNCC(C)C2)c1. The second-order valence-electron chi connectivity index (χ2n) is 5.03. The highest BCUT2D eigenvalue weighted by Gasteiger charge is 2.19. The van der Waals surface area contributed by atoms with Gasteiger partial charge in [0.05, 0.1) is 7.11 Å². The summed E-state index contributed by atoms with van der Waals surface area (Å²) in [7, 11) is 1.61. The Bertz CT molecular complexity index is 436. The number of amides is 2. The number of piperidine rings is 1. The zero-order chi connectivity index (χ0) is 13.7. The molecule has 5 nitrogen and oxygen atoms in total. The van der Waals surface area contributed by atoms with Gasteiger partial charge < -0.3 is 20.7 Å². The number of methoxy groups -OCH3 is 1. The molecule has 1 fully saturated rings. The summed E-state index contributed by atoms with van der Waals surface area (Å²) in [5, 5.41) is 9.11. The van der Waals surface area contributed by atoms with Crippen LogP contribution < -0.4 is 20.7 Å². The number of hydrogen-bond acceptors (Lipinski definition) is 3. The number of ether oxygens (including phenoxy) is 1. The Labute approximate surface area is 113 Å². The summed E-state index contributed by atoms with van der Waals surface area (Å²) < 4.78 is 5.12. The maximum Gasteiger partial charge on any atom is 0.319 e. The fourth-order valence-electron chi connectivity index (χ4n) is 2.32. The maximum absolute atomic E-state index is 11.9. The molecule has 1 saturated heterocycles. The van der Waals surface area contributed by atoms with Crippen LogP contribution in [0.1, 0.15) is 13.3 Å². The number of hydrogen-bond donors (Lipinski definition) is 3. The van der Waals surface area contributed by atoms with Gasteiger partial charge in [0.25, 0.3) is 0 Å². The Balaban J connectivity index is 1.86. The largest absolute Gasteiger partial charge is 0.497 e. The van der Waals surface area contributed by atoms with Crippen LogP contribution in [-0.2, 0) is 0 Å². The van der Waals surface area contributed by atoms with E-state index >= 15 is 0 Å². The van der Waals surface area contributed by atoms with Crippen LogP contribution in [0, 0.1) is 5.92 Å². The van der Waals surface area contributed by atoms with Crippen molar-refractivity contribution in [2.45, 2.75) is 19.4 Å². The van der Waals surface area contributed by atoms with Gasteiger partial charge in [-0.15, -0.1) is 0 Å². The van der Waals surface area contributed by atoms with E-state index in [1.807, 2.05) is 18.2 Å². The summed E-state index contributed by atoms with van der Waals surface area (Å²) in [5.74, 6) is 1.32. The zero-order valence-electron chi connectivity index (χ0n) is 11.4. The molecule has 2 atom stereocenters. The van der Waals surface area contributed by atoms with Crippen molar-refractivity contribution < 1.29 is 9.53 Å². The molecule has 0 aromatic heterocycles. The van der Waals surface area contributed by atoms with Gasteiger partial charge in [-0.1, -0.05) is 13.0 Å². The van der Waals surface area contributed by atoms with Crippen molar-refractivity contribution in [2.24, 2.45) is 5.92 Å². The molecular weight excluding hydrogens is 242 g/mol. The summed E-state index contributed by atoms with van der Waals surface area (Å²) in [6.45, 7) is 4.03. The highest BCUT2D eigenvalue weighted by molar-refractivity contribution is 5.89. The molecular formula is C14H21N3O2. The first-order valence-corrected chi connectivity index (χ1v) is 6.59. The molecule has 1 heterocycles. The van der Waals surface area contributed by atoms with Crippen molar-refractivity contribution in [3.05, 3.63) is 24.3 Å². The molecule has 0 saturated carbocycles. The van der Waals surface area contributed by atoms with Gasteiger partial charge in [-0.3, -0.25) is 0 Å². The maximum atomic E-state index is 11.9. The van der Waals surface area contributed by atoms with Crippen LogP contribution >= 0.6 is 0 Å². The van der Waals surface area contributed by atoms with Crippen molar-refractivity contribution in [1.82, 2.24) is 10.6 Å². The Kier molecular flexibility index (Phi) is 4.63. The minimum absolute atomic E-state index is 0.172. The minimum Gasteiger partial charge on any atom is -0.497 e. The lowest BCUT2D eigenvalue weighted by Gasteiger charge is -2.28. The van der Waals surface area contributed by atoms with Gasteiger partial charge in [0.1, 0.15) is 5.75 Å². The van der Waals surface area contributed by atoms with E-state index in [4.69, 9.17) is 4.74 Å². The van der Waals surface area contributed by atoms with Crippen LogP contribution in [0.15, 0.2) is 24.3 Å². The van der Waals surface area contributed by atoms with Crippen molar-refractivity contribution in [3.63, 3.8) is 0 Å². The first kappa shape index (κ1) is 13.7. The van der Waals surface area contributed by atoms with Crippen molar-refractivity contribution in [3.8, 4) is 5.75 Å². The van der Waals surface area contributed by atoms with Gasteiger partial charge >= 0.3 is 6.03 Å². The smallest absolute Gasteiger partial charge is 0.319 e. The van der Waals surface area contributed by atoms with Gasteiger partial charge in [-0.05, 0) is 31.0 Å². The fraction of sp³-hybridized carbons (Fsp3) is 0.500. The predicted octanol–water partition coefficient (Wildman–Crippen LogP) is 1.81. The molecule has 0 bridgehead atoms. The van der Waals surface area contributed by atoms with Crippen molar-refractivity contribution in [1.29, 1.82) is 0 Å². The number of carbonyl (C=O) groups excluding carboxylic acids is 1. The lowest BCUT2D eigenvalue weighted by Crippen LogP contribution is -2.49. The Morgan fingerprint density at radius 1 is 1.42 bits per heavy atom. The molecule has 3 N–H and O–H groups in total. The summed E-state index contributed by atoms with van der Waals surface area (Å²) in [4.78, 5) is 11.9. The Morgan fingerprint density at radius 3 is 3.00 bits per heavy atom. The molecule has 19 heavy (non-hydrogen) atoms. The van der Waals surface area contributed by atoms with Crippen LogP contribution in [0.3, 0.4) is 0 Å². The first-order chi connectivity index (χ1) is 9.17. The number of benzene rings is 1. The van der Waals surface area contributed by atoms with E-state index in [1.165, 1.54) is 0 Å². The number of carbonyl (C=O) groups is 1. The van der Waals surface area contributed by atoms with Crippen LogP contribution in [-0.4, -0.2) is 32.3 Å². The van der Waals surface area contributed by atoms with Crippen LogP contribution in [0.5, 0.6) is 5.75 Å². The molecule has 1 aromatic rings. The Hall–Kier alpha value is -1.75. The third kappa shape index (κ3) is 4.13. The normalized spacial score (nSPS) is 22.6. The molecule has 2 unspecified atom stereocenters. The molecule has 1 aliphatic rings. The van der Waals surface area contributed by atoms with E-state index in [2.05, 4.69) is 22.9 Å². The van der Waals surface area contributed by atoms with E-state index in [9.17, 15) is 4.79 Å². The van der Waals surface area contributed by atoms with Gasteiger partial charge in [-0.25, -0.2) is 4.79 Å². The number of rotatable bonds is 3.